The number of anilines is 1. The van der Waals surface area contributed by atoms with Crippen LogP contribution in [0.5, 0.6) is 0 Å². The molecule has 19 heavy (non-hydrogen) atoms. The Balaban J connectivity index is 1.88. The highest BCUT2D eigenvalue weighted by molar-refractivity contribution is 5.37. The summed E-state index contributed by atoms with van der Waals surface area (Å²) in [6, 6.07) is 5.33. The van der Waals surface area contributed by atoms with Crippen LogP contribution in [-0.4, -0.2) is 9.55 Å². The van der Waals surface area contributed by atoms with Crippen molar-refractivity contribution in [3.63, 3.8) is 0 Å². The van der Waals surface area contributed by atoms with Gasteiger partial charge < -0.3 is 9.88 Å². The molecule has 0 aliphatic carbocycles. The first kappa shape index (κ1) is 12.1. The molecule has 0 spiro atoms. The van der Waals surface area contributed by atoms with E-state index in [2.05, 4.69) is 10.3 Å². The molecule has 1 unspecified atom stereocenters. The summed E-state index contributed by atoms with van der Waals surface area (Å²) in [7, 11) is 0. The van der Waals surface area contributed by atoms with Gasteiger partial charge in [0.1, 0.15) is 0 Å². The van der Waals surface area contributed by atoms with Gasteiger partial charge in [-0.25, -0.2) is 4.98 Å². The zero-order valence-corrected chi connectivity index (χ0v) is 9.98. The Labute approximate surface area is 108 Å². The number of rotatable bonds is 1. The van der Waals surface area contributed by atoms with Gasteiger partial charge in [0.2, 0.25) is 5.95 Å². The predicted molar refractivity (Wildman–Crippen MR) is 64.7 cm³/mol. The maximum Gasteiger partial charge on any atom is 0.416 e. The van der Waals surface area contributed by atoms with Gasteiger partial charge in [0.05, 0.1) is 11.6 Å². The lowest BCUT2D eigenvalue weighted by Gasteiger charge is -2.26. The molecule has 1 aromatic heterocycles. The van der Waals surface area contributed by atoms with Gasteiger partial charge in [0.25, 0.3) is 0 Å². The minimum atomic E-state index is -4.30. The van der Waals surface area contributed by atoms with Crippen LogP contribution in [0.1, 0.15) is 23.6 Å². The summed E-state index contributed by atoms with van der Waals surface area (Å²) in [5.41, 5.74) is 0.0322. The molecule has 1 aromatic carbocycles. The maximum atomic E-state index is 12.7. The molecule has 100 valence electrons. The van der Waals surface area contributed by atoms with Gasteiger partial charge in [-0.05, 0) is 24.1 Å². The monoisotopic (exact) mass is 267 g/mol. The van der Waals surface area contributed by atoms with Crippen LogP contribution in [0.15, 0.2) is 36.7 Å². The minimum Gasteiger partial charge on any atom is -0.349 e. The van der Waals surface area contributed by atoms with Gasteiger partial charge in [0.15, 0.2) is 0 Å². The van der Waals surface area contributed by atoms with E-state index in [1.165, 1.54) is 12.1 Å². The third-order valence-corrected chi connectivity index (χ3v) is 3.29. The molecule has 0 fully saturated rings. The first-order valence-electron chi connectivity index (χ1n) is 5.99. The Bertz CT molecular complexity index is 589. The fourth-order valence-corrected chi connectivity index (χ4v) is 2.31. The van der Waals surface area contributed by atoms with Crippen molar-refractivity contribution in [2.45, 2.75) is 25.2 Å². The summed E-state index contributed by atoms with van der Waals surface area (Å²) in [5.74, 6) is 0.702. The molecule has 1 N–H and O–H groups in total. The molecule has 0 bridgehead atoms. The largest absolute Gasteiger partial charge is 0.416 e. The van der Waals surface area contributed by atoms with Crippen molar-refractivity contribution in [1.82, 2.24) is 9.55 Å². The molecule has 0 saturated carbocycles. The van der Waals surface area contributed by atoms with Crippen LogP contribution in [0.2, 0.25) is 0 Å². The molecule has 1 aliphatic heterocycles. The summed E-state index contributed by atoms with van der Waals surface area (Å²) in [6.45, 7) is 0.753. The maximum absolute atomic E-state index is 12.7. The Morgan fingerprint density at radius 3 is 2.95 bits per heavy atom. The molecule has 0 saturated heterocycles. The van der Waals surface area contributed by atoms with Crippen molar-refractivity contribution in [2.24, 2.45) is 0 Å². The normalized spacial score (nSPS) is 18.8. The molecular formula is C13H12F3N3. The van der Waals surface area contributed by atoms with E-state index in [0.717, 1.165) is 19.0 Å². The number of hydrogen-bond acceptors (Lipinski definition) is 2. The van der Waals surface area contributed by atoms with E-state index >= 15 is 0 Å². The first-order chi connectivity index (χ1) is 9.04. The molecule has 1 aliphatic rings. The number of nitrogens with one attached hydrogen (secondary N) is 1. The number of aromatic nitrogens is 2. The average Bonchev–Trinajstić information content (AvgIpc) is 2.85. The van der Waals surface area contributed by atoms with Crippen LogP contribution in [0.4, 0.5) is 19.1 Å². The van der Waals surface area contributed by atoms with E-state index in [4.69, 9.17) is 0 Å². The number of halogens is 3. The van der Waals surface area contributed by atoms with Crippen LogP contribution in [0.3, 0.4) is 0 Å². The summed E-state index contributed by atoms with van der Waals surface area (Å²) in [5, 5.41) is 3.16. The number of hydrogen-bond donors (Lipinski definition) is 1. The van der Waals surface area contributed by atoms with E-state index in [-0.39, 0.29) is 6.04 Å². The molecule has 0 radical (unpaired) electrons. The number of imidazole rings is 1. The number of fused-ring (bicyclic) bond motifs is 1. The molecule has 2 heterocycles. The Hall–Kier alpha value is -1.98. The lowest BCUT2D eigenvalue weighted by Crippen LogP contribution is -2.22. The predicted octanol–water partition coefficient (Wildman–Crippen LogP) is 3.46. The minimum absolute atomic E-state index is 0.128. The highest BCUT2D eigenvalue weighted by Gasteiger charge is 2.31. The zero-order chi connectivity index (χ0) is 13.5. The van der Waals surface area contributed by atoms with Crippen LogP contribution in [0.25, 0.3) is 0 Å². The van der Waals surface area contributed by atoms with Gasteiger partial charge in [-0.2, -0.15) is 13.2 Å². The molecule has 2 aromatic rings. The van der Waals surface area contributed by atoms with E-state index in [1.54, 1.807) is 12.3 Å². The van der Waals surface area contributed by atoms with Gasteiger partial charge >= 0.3 is 6.18 Å². The number of nitrogens with zero attached hydrogens (tertiary/aromatic N) is 2. The summed E-state index contributed by atoms with van der Waals surface area (Å²) >= 11 is 0. The summed E-state index contributed by atoms with van der Waals surface area (Å²) in [4.78, 5) is 4.13. The standard InChI is InChI=1S/C13H12F3N3/c14-13(15,16)10-3-1-2-9(8-10)11-4-6-19-7-5-17-12(19)18-11/h1-3,5,7-8,11H,4,6H2,(H,17,18). The smallest absolute Gasteiger partial charge is 0.349 e. The molecule has 3 rings (SSSR count). The van der Waals surface area contributed by atoms with Crippen molar-refractivity contribution in [3.8, 4) is 0 Å². The SMILES string of the molecule is FC(F)(F)c1cccc(C2CCn3ccnc3N2)c1. The van der Waals surface area contributed by atoms with Crippen LogP contribution >= 0.6 is 0 Å². The van der Waals surface area contributed by atoms with Crippen molar-refractivity contribution >= 4 is 5.95 Å². The van der Waals surface area contributed by atoms with Crippen molar-refractivity contribution in [2.75, 3.05) is 5.32 Å². The second-order valence-corrected chi connectivity index (χ2v) is 4.55. The Kier molecular flexibility index (Phi) is 2.73. The fraction of sp³-hybridized carbons (Fsp3) is 0.308. The summed E-state index contributed by atoms with van der Waals surface area (Å²) < 4.78 is 40.0. The Morgan fingerprint density at radius 2 is 2.16 bits per heavy atom. The van der Waals surface area contributed by atoms with Gasteiger partial charge in [-0.15, -0.1) is 0 Å². The molecule has 0 amide bonds. The van der Waals surface area contributed by atoms with Crippen LogP contribution < -0.4 is 5.32 Å². The van der Waals surface area contributed by atoms with Crippen molar-refractivity contribution < 1.29 is 13.2 Å². The number of alkyl halides is 3. The Morgan fingerprint density at radius 1 is 1.32 bits per heavy atom. The number of benzene rings is 1. The second kappa shape index (κ2) is 4.29. The highest BCUT2D eigenvalue weighted by Crippen LogP contribution is 2.33. The first-order valence-corrected chi connectivity index (χ1v) is 5.99. The van der Waals surface area contributed by atoms with Crippen molar-refractivity contribution in [3.05, 3.63) is 47.8 Å². The highest BCUT2D eigenvalue weighted by atomic mass is 19.4. The van der Waals surface area contributed by atoms with Crippen LogP contribution in [0, 0.1) is 0 Å². The lowest BCUT2D eigenvalue weighted by atomic mass is 10.00. The quantitative estimate of drug-likeness (QED) is 0.857. The van der Waals surface area contributed by atoms with E-state index < -0.39 is 11.7 Å². The van der Waals surface area contributed by atoms with Gasteiger partial charge in [-0.1, -0.05) is 12.1 Å². The van der Waals surface area contributed by atoms with E-state index in [1.807, 2.05) is 10.8 Å². The van der Waals surface area contributed by atoms with Crippen LogP contribution in [-0.2, 0) is 12.7 Å². The molecule has 1 atom stereocenters. The van der Waals surface area contributed by atoms with E-state index in [9.17, 15) is 13.2 Å². The fourth-order valence-electron chi connectivity index (χ4n) is 2.31. The summed E-state index contributed by atoms with van der Waals surface area (Å²) in [6.07, 6.45) is -0.0324. The lowest BCUT2D eigenvalue weighted by molar-refractivity contribution is -0.137. The zero-order valence-electron chi connectivity index (χ0n) is 9.98. The molecule has 3 nitrogen and oxygen atoms in total. The van der Waals surface area contributed by atoms with Gasteiger partial charge in [-0.3, -0.25) is 0 Å². The molecular weight excluding hydrogens is 255 g/mol. The molecule has 6 heteroatoms. The third-order valence-electron chi connectivity index (χ3n) is 3.29. The topological polar surface area (TPSA) is 29.9 Å². The average molecular weight is 267 g/mol. The number of aryl methyl sites for hydroxylation is 1. The van der Waals surface area contributed by atoms with Crippen molar-refractivity contribution in [1.29, 1.82) is 0 Å². The van der Waals surface area contributed by atoms with E-state index in [0.29, 0.717) is 11.5 Å². The van der Waals surface area contributed by atoms with Gasteiger partial charge in [0, 0.05) is 18.9 Å². The third kappa shape index (κ3) is 2.30. The second-order valence-electron chi connectivity index (χ2n) is 4.55.